The minimum Gasteiger partial charge on any atom is -0.167 e. The lowest BCUT2D eigenvalue weighted by Gasteiger charge is -2.08. The zero-order valence-corrected chi connectivity index (χ0v) is 20.8. The number of pyridine rings is 2. The van der Waals surface area contributed by atoms with Crippen molar-refractivity contribution in [3.63, 3.8) is 0 Å². The number of para-hydroxylation sites is 2. The van der Waals surface area contributed by atoms with E-state index in [0.717, 1.165) is 0 Å². The molecule has 0 aliphatic carbocycles. The highest BCUT2D eigenvalue weighted by Crippen LogP contribution is 2.27. The third-order valence-corrected chi connectivity index (χ3v) is 6.83. The summed E-state index contributed by atoms with van der Waals surface area (Å²) < 4.78 is 4.42. The van der Waals surface area contributed by atoms with Crippen LogP contribution < -0.4 is 9.13 Å². The molecule has 2 aromatic heterocycles. The molecule has 6 aromatic rings. The molecular formula is C35H28N2+2. The number of hydrogen-bond acceptors (Lipinski definition) is 0. The van der Waals surface area contributed by atoms with Gasteiger partial charge in [-0.2, -0.15) is 9.13 Å². The summed E-state index contributed by atoms with van der Waals surface area (Å²) in [6.07, 6.45) is 8.70. The van der Waals surface area contributed by atoms with Crippen LogP contribution in [0.25, 0.3) is 44.8 Å². The monoisotopic (exact) mass is 476 g/mol. The summed E-state index contributed by atoms with van der Waals surface area (Å²) in [5.74, 6) is 0. The second kappa shape index (κ2) is 10.0. The quantitative estimate of drug-likeness (QED) is 0.227. The molecule has 2 heterocycles. The lowest BCUT2D eigenvalue weighted by atomic mass is 10.0. The van der Waals surface area contributed by atoms with Crippen LogP contribution in [0.15, 0.2) is 152 Å². The first-order valence-electron chi connectivity index (χ1n) is 12.6. The maximum absolute atomic E-state index is 2.23. The van der Waals surface area contributed by atoms with Crippen LogP contribution in [-0.2, 0) is 0 Å². The second-order valence-electron chi connectivity index (χ2n) is 9.21. The van der Waals surface area contributed by atoms with Gasteiger partial charge >= 0.3 is 0 Å². The summed E-state index contributed by atoms with van der Waals surface area (Å²) in [5.41, 5.74) is 10.9. The van der Waals surface area contributed by atoms with E-state index >= 15 is 0 Å². The van der Waals surface area contributed by atoms with E-state index in [1.54, 1.807) is 0 Å². The van der Waals surface area contributed by atoms with E-state index in [2.05, 4.69) is 168 Å². The fraction of sp³-hybridized carbons (Fsp3) is 0.0286. The van der Waals surface area contributed by atoms with Crippen molar-refractivity contribution in [2.24, 2.45) is 0 Å². The summed E-state index contributed by atoms with van der Waals surface area (Å²) >= 11 is 0. The Morgan fingerprint density at radius 2 is 0.811 bits per heavy atom. The number of aromatic nitrogens is 2. The molecule has 0 saturated heterocycles. The minimum absolute atomic E-state index is 1.17. The van der Waals surface area contributed by atoms with E-state index < -0.39 is 0 Å². The molecule has 0 unspecified atom stereocenters. The van der Waals surface area contributed by atoms with Crippen molar-refractivity contribution in [1.82, 2.24) is 0 Å². The van der Waals surface area contributed by atoms with Gasteiger partial charge in [0, 0.05) is 35.9 Å². The Morgan fingerprint density at radius 1 is 0.378 bits per heavy atom. The van der Waals surface area contributed by atoms with Crippen molar-refractivity contribution >= 4 is 0 Å². The van der Waals surface area contributed by atoms with Crippen LogP contribution in [-0.4, -0.2) is 0 Å². The van der Waals surface area contributed by atoms with Crippen LogP contribution in [0.3, 0.4) is 0 Å². The van der Waals surface area contributed by atoms with Gasteiger partial charge in [-0.3, -0.25) is 0 Å². The number of hydrogen-bond donors (Lipinski definition) is 0. The van der Waals surface area contributed by atoms with Gasteiger partial charge in [-0.15, -0.1) is 0 Å². The van der Waals surface area contributed by atoms with Crippen LogP contribution in [0.2, 0.25) is 0 Å². The third kappa shape index (κ3) is 4.57. The van der Waals surface area contributed by atoms with E-state index in [4.69, 9.17) is 0 Å². The zero-order valence-electron chi connectivity index (χ0n) is 20.8. The zero-order chi connectivity index (χ0) is 25.0. The number of rotatable bonds is 5. The average Bonchev–Trinajstić information content (AvgIpc) is 2.98. The highest BCUT2D eigenvalue weighted by atomic mass is 14.9. The normalized spacial score (nSPS) is 10.8. The second-order valence-corrected chi connectivity index (χ2v) is 9.21. The van der Waals surface area contributed by atoms with Crippen molar-refractivity contribution < 1.29 is 9.13 Å². The molecule has 37 heavy (non-hydrogen) atoms. The van der Waals surface area contributed by atoms with Crippen molar-refractivity contribution in [2.75, 3.05) is 0 Å². The molecule has 2 nitrogen and oxygen atoms in total. The SMILES string of the molecule is Cc1c[n+](-c2ccccc2-c2ccccc2)ccc1-c1cc[n+](-c2ccccc2-c2ccccc2)cc1. The van der Waals surface area contributed by atoms with Gasteiger partial charge in [0.2, 0.25) is 11.4 Å². The highest BCUT2D eigenvalue weighted by Gasteiger charge is 2.17. The van der Waals surface area contributed by atoms with Crippen molar-refractivity contribution in [1.29, 1.82) is 0 Å². The van der Waals surface area contributed by atoms with Crippen molar-refractivity contribution in [3.05, 3.63) is 158 Å². The Hall–Kier alpha value is -4.82. The van der Waals surface area contributed by atoms with Gasteiger partial charge in [0.25, 0.3) is 0 Å². The molecule has 0 bridgehead atoms. The first-order chi connectivity index (χ1) is 18.3. The molecule has 6 rings (SSSR count). The predicted molar refractivity (Wildman–Crippen MR) is 151 cm³/mol. The Balaban J connectivity index is 1.33. The molecule has 4 aromatic carbocycles. The molecule has 0 spiro atoms. The van der Waals surface area contributed by atoms with Crippen LogP contribution in [0, 0.1) is 6.92 Å². The standard InChI is InChI=1S/C35H28N2/c1-27-26-37(35-19-11-9-17-33(35)29-14-6-3-7-15-29)25-22-31(27)30-20-23-36(24-21-30)34-18-10-8-16-32(34)28-12-4-2-5-13-28/h2-26H,1H3/q+2. The molecule has 0 amide bonds. The number of aryl methyl sites for hydroxylation is 1. The minimum atomic E-state index is 1.17. The largest absolute Gasteiger partial charge is 0.218 e. The molecule has 0 atom stereocenters. The Kier molecular flexibility index (Phi) is 6.14. The Bertz CT molecular complexity index is 1650. The fourth-order valence-electron chi connectivity index (χ4n) is 4.97. The molecule has 176 valence electrons. The number of benzene rings is 4. The fourth-order valence-corrected chi connectivity index (χ4v) is 4.97. The average molecular weight is 477 g/mol. The highest BCUT2D eigenvalue weighted by molar-refractivity contribution is 5.72. The van der Waals surface area contributed by atoms with E-state index in [0.29, 0.717) is 0 Å². The molecule has 0 saturated carbocycles. The van der Waals surface area contributed by atoms with Crippen molar-refractivity contribution in [3.8, 4) is 44.8 Å². The van der Waals surface area contributed by atoms with Crippen LogP contribution in [0.1, 0.15) is 5.56 Å². The topological polar surface area (TPSA) is 7.76 Å². The summed E-state index contributed by atoms with van der Waals surface area (Å²) in [5, 5.41) is 0. The van der Waals surface area contributed by atoms with Gasteiger partial charge in [-0.05, 0) is 41.3 Å². The molecule has 0 N–H and O–H groups in total. The van der Waals surface area contributed by atoms with Gasteiger partial charge in [0.05, 0.1) is 11.1 Å². The maximum Gasteiger partial charge on any atom is 0.218 e. The van der Waals surface area contributed by atoms with E-state index in [1.165, 1.54) is 50.3 Å². The summed E-state index contributed by atoms with van der Waals surface area (Å²) in [4.78, 5) is 0. The lowest BCUT2D eigenvalue weighted by molar-refractivity contribution is -0.595. The predicted octanol–water partition coefficient (Wildman–Crippen LogP) is 7.55. The third-order valence-electron chi connectivity index (χ3n) is 6.83. The Morgan fingerprint density at radius 3 is 1.35 bits per heavy atom. The molecule has 0 aliphatic rings. The van der Waals surface area contributed by atoms with E-state index in [1.807, 2.05) is 0 Å². The van der Waals surface area contributed by atoms with E-state index in [-0.39, 0.29) is 0 Å². The maximum atomic E-state index is 2.23. The van der Waals surface area contributed by atoms with Gasteiger partial charge in [-0.25, -0.2) is 0 Å². The first-order valence-corrected chi connectivity index (χ1v) is 12.6. The van der Waals surface area contributed by atoms with E-state index in [9.17, 15) is 0 Å². The summed E-state index contributed by atoms with van der Waals surface area (Å²) in [6, 6.07) is 44.8. The number of nitrogens with zero attached hydrogens (tertiary/aromatic N) is 2. The van der Waals surface area contributed by atoms with Crippen LogP contribution >= 0.6 is 0 Å². The van der Waals surface area contributed by atoms with Crippen molar-refractivity contribution in [2.45, 2.75) is 6.92 Å². The van der Waals surface area contributed by atoms with Gasteiger partial charge in [0.15, 0.2) is 24.8 Å². The molecule has 2 heteroatoms. The van der Waals surface area contributed by atoms with Gasteiger partial charge in [0.1, 0.15) is 0 Å². The summed E-state index contributed by atoms with van der Waals surface area (Å²) in [6.45, 7) is 2.18. The van der Waals surface area contributed by atoms with Crippen LogP contribution in [0.4, 0.5) is 0 Å². The van der Waals surface area contributed by atoms with Gasteiger partial charge in [-0.1, -0.05) is 84.9 Å². The molecule has 0 aliphatic heterocycles. The summed E-state index contributed by atoms with van der Waals surface area (Å²) in [7, 11) is 0. The molecule has 0 radical (unpaired) electrons. The smallest absolute Gasteiger partial charge is 0.167 e. The first kappa shape index (κ1) is 22.6. The van der Waals surface area contributed by atoms with Gasteiger partial charge < -0.3 is 0 Å². The Labute approximate surface area is 218 Å². The lowest BCUT2D eigenvalue weighted by Crippen LogP contribution is -2.31. The van der Waals surface area contributed by atoms with Crippen LogP contribution in [0.5, 0.6) is 0 Å². The molecule has 0 fully saturated rings. The molecular weight excluding hydrogens is 448 g/mol.